The van der Waals surface area contributed by atoms with Gasteiger partial charge >= 0.3 is 0 Å². The summed E-state index contributed by atoms with van der Waals surface area (Å²) in [6.45, 7) is 0. The Hall–Kier alpha value is -6.95. The highest BCUT2D eigenvalue weighted by Crippen LogP contribution is 2.65. The van der Waals surface area contributed by atoms with Gasteiger partial charge < -0.3 is 0 Å². The van der Waals surface area contributed by atoms with Crippen LogP contribution < -0.4 is 0 Å². The van der Waals surface area contributed by atoms with Crippen molar-refractivity contribution in [1.82, 2.24) is 19.9 Å². The maximum Gasteiger partial charge on any atom is 0.164 e. The number of thioether (sulfide) groups is 1. The molecule has 7 aromatic carbocycles. The SMILES string of the molecule is C1=C2Sc3ccccc3C3(C2=CCC1)c1cc(-c2nc(-c4ccccc4)nc(-c4cccc5ccccc45)n2)ccc1-c1ccc(-c2ccnc4ccccc24)cc13. The van der Waals surface area contributed by atoms with Crippen LogP contribution >= 0.6 is 11.8 Å². The van der Waals surface area contributed by atoms with Crippen LogP contribution in [0.25, 0.3) is 78.1 Å². The molecule has 3 heterocycles. The van der Waals surface area contributed by atoms with E-state index in [4.69, 9.17) is 19.9 Å². The molecule has 0 fully saturated rings. The van der Waals surface area contributed by atoms with Gasteiger partial charge in [0.05, 0.1) is 10.9 Å². The summed E-state index contributed by atoms with van der Waals surface area (Å²) in [7, 11) is 0. The Labute approximate surface area is 340 Å². The van der Waals surface area contributed by atoms with Crippen LogP contribution in [0.2, 0.25) is 0 Å². The third-order valence-corrected chi connectivity index (χ3v) is 13.3. The van der Waals surface area contributed by atoms with E-state index in [1.165, 1.54) is 54.3 Å². The average molecular weight is 759 g/mol. The summed E-state index contributed by atoms with van der Waals surface area (Å²) < 4.78 is 0. The minimum Gasteiger partial charge on any atom is -0.256 e. The molecule has 1 spiro atoms. The van der Waals surface area contributed by atoms with Gasteiger partial charge in [0.2, 0.25) is 0 Å². The Morgan fingerprint density at radius 3 is 2.00 bits per heavy atom. The lowest BCUT2D eigenvalue weighted by Crippen LogP contribution is -2.34. The van der Waals surface area contributed by atoms with Crippen LogP contribution in [0.4, 0.5) is 0 Å². The largest absolute Gasteiger partial charge is 0.256 e. The molecule has 3 aliphatic rings. The summed E-state index contributed by atoms with van der Waals surface area (Å²) in [6.07, 6.45) is 8.94. The zero-order valence-corrected chi connectivity index (χ0v) is 32.2. The first-order chi connectivity index (χ1) is 28.7. The highest BCUT2D eigenvalue weighted by molar-refractivity contribution is 8.03. The average Bonchev–Trinajstić information content (AvgIpc) is 3.58. The second kappa shape index (κ2) is 13.1. The molecule has 5 heteroatoms. The van der Waals surface area contributed by atoms with E-state index in [9.17, 15) is 0 Å². The van der Waals surface area contributed by atoms with Crippen molar-refractivity contribution in [3.05, 3.63) is 209 Å². The zero-order chi connectivity index (χ0) is 38.2. The molecule has 1 aliphatic heterocycles. The van der Waals surface area contributed by atoms with E-state index in [2.05, 4.69) is 158 Å². The molecular weight excluding hydrogens is 725 g/mol. The quantitative estimate of drug-likeness (QED) is 0.179. The molecule has 0 bridgehead atoms. The van der Waals surface area contributed by atoms with Crippen molar-refractivity contribution in [1.29, 1.82) is 0 Å². The number of allylic oxidation sites excluding steroid dienone is 3. The lowest BCUT2D eigenvalue weighted by molar-refractivity contribution is 0.724. The van der Waals surface area contributed by atoms with Gasteiger partial charge in [-0.1, -0.05) is 157 Å². The third kappa shape index (κ3) is 4.96. The summed E-state index contributed by atoms with van der Waals surface area (Å²) in [5.41, 5.74) is 13.5. The highest BCUT2D eigenvalue weighted by Gasteiger charge is 2.52. The highest BCUT2D eigenvalue weighted by atomic mass is 32.2. The molecule has 0 N–H and O–H groups in total. The van der Waals surface area contributed by atoms with Crippen molar-refractivity contribution < 1.29 is 0 Å². The Bertz CT molecular complexity index is 3210. The molecule has 0 saturated carbocycles. The lowest BCUT2D eigenvalue weighted by atomic mass is 9.65. The number of para-hydroxylation sites is 1. The van der Waals surface area contributed by atoms with Crippen LogP contribution in [0.15, 0.2) is 198 Å². The van der Waals surface area contributed by atoms with E-state index >= 15 is 0 Å². The minimum absolute atomic E-state index is 0.540. The summed E-state index contributed by atoms with van der Waals surface area (Å²) in [4.78, 5) is 23.0. The molecular formula is C53H34N4S. The molecule has 0 radical (unpaired) electrons. The monoisotopic (exact) mass is 758 g/mol. The second-order valence-electron chi connectivity index (χ2n) is 15.2. The third-order valence-electron chi connectivity index (χ3n) is 12.1. The summed E-state index contributed by atoms with van der Waals surface area (Å²) in [5.74, 6) is 1.97. The number of rotatable bonds is 4. The number of benzene rings is 7. The van der Waals surface area contributed by atoms with Crippen LogP contribution in [-0.4, -0.2) is 19.9 Å². The maximum atomic E-state index is 5.31. The smallest absolute Gasteiger partial charge is 0.164 e. The number of hydrogen-bond donors (Lipinski definition) is 0. The first-order valence-electron chi connectivity index (χ1n) is 19.9. The number of aromatic nitrogens is 4. The molecule has 58 heavy (non-hydrogen) atoms. The van der Waals surface area contributed by atoms with Crippen LogP contribution in [-0.2, 0) is 5.41 Å². The Kier molecular flexibility index (Phi) is 7.47. The van der Waals surface area contributed by atoms with E-state index in [0.717, 1.165) is 51.2 Å². The Morgan fingerprint density at radius 2 is 1.12 bits per heavy atom. The summed E-state index contributed by atoms with van der Waals surface area (Å²) in [6, 6.07) is 58.7. The van der Waals surface area contributed by atoms with Gasteiger partial charge in [-0.15, -0.1) is 0 Å². The van der Waals surface area contributed by atoms with Crippen molar-refractivity contribution >= 4 is 33.4 Å². The standard InChI is InChI=1S/C53H34N4S/c1-2-14-34(15-3-1)50-55-51(57-52(56-50)42-19-12-16-33-13-4-5-17-37(33)42)36-26-28-40-39-27-25-35(38-29-30-54-47-22-9-6-18-41(38)47)31-45(39)53(46(40)32-36)43-20-7-10-23-48(43)58-49-24-11-8-21-44(49)53/h1-7,9-10,12-32H,8,11H2. The molecule has 272 valence electrons. The van der Waals surface area contributed by atoms with E-state index in [1.807, 2.05) is 36.2 Å². The van der Waals surface area contributed by atoms with Crippen molar-refractivity contribution in [2.24, 2.45) is 0 Å². The van der Waals surface area contributed by atoms with Gasteiger partial charge in [0, 0.05) is 38.1 Å². The molecule has 2 aliphatic carbocycles. The lowest BCUT2D eigenvalue weighted by Gasteiger charge is -2.42. The van der Waals surface area contributed by atoms with Crippen LogP contribution in [0, 0.1) is 0 Å². The molecule has 12 rings (SSSR count). The molecule has 0 amide bonds. The zero-order valence-electron chi connectivity index (χ0n) is 31.4. The second-order valence-corrected chi connectivity index (χ2v) is 16.3. The number of fused-ring (bicyclic) bond motifs is 11. The summed E-state index contributed by atoms with van der Waals surface area (Å²) >= 11 is 1.91. The topological polar surface area (TPSA) is 51.6 Å². The number of pyridine rings is 1. The van der Waals surface area contributed by atoms with E-state index < -0.39 is 5.41 Å². The van der Waals surface area contributed by atoms with Crippen LogP contribution in [0.1, 0.15) is 29.5 Å². The molecule has 2 aromatic heterocycles. The molecule has 4 nitrogen and oxygen atoms in total. The molecule has 1 atom stereocenters. The fourth-order valence-electron chi connectivity index (χ4n) is 9.54. The van der Waals surface area contributed by atoms with Gasteiger partial charge in [-0.05, 0) is 98.5 Å². The fourth-order valence-corrected chi connectivity index (χ4v) is 10.8. The molecule has 0 saturated heterocycles. The Balaban J connectivity index is 1.13. The Morgan fingerprint density at radius 1 is 0.448 bits per heavy atom. The van der Waals surface area contributed by atoms with Crippen molar-refractivity contribution in [3.63, 3.8) is 0 Å². The predicted octanol–water partition coefficient (Wildman–Crippen LogP) is 13.3. The van der Waals surface area contributed by atoms with E-state index in [1.54, 1.807) is 0 Å². The van der Waals surface area contributed by atoms with Crippen LogP contribution in [0.5, 0.6) is 0 Å². The van der Waals surface area contributed by atoms with E-state index in [-0.39, 0.29) is 0 Å². The van der Waals surface area contributed by atoms with E-state index in [0.29, 0.717) is 17.5 Å². The van der Waals surface area contributed by atoms with Crippen molar-refractivity contribution in [2.75, 3.05) is 0 Å². The fraction of sp³-hybridized carbons (Fsp3) is 0.0566. The van der Waals surface area contributed by atoms with Crippen molar-refractivity contribution in [2.45, 2.75) is 23.2 Å². The van der Waals surface area contributed by atoms with Gasteiger partial charge in [-0.2, -0.15) is 0 Å². The first kappa shape index (κ1) is 33.2. The van der Waals surface area contributed by atoms with Crippen molar-refractivity contribution in [3.8, 4) is 56.4 Å². The van der Waals surface area contributed by atoms with Gasteiger partial charge in [0.25, 0.3) is 0 Å². The van der Waals surface area contributed by atoms with Gasteiger partial charge in [0.15, 0.2) is 17.5 Å². The minimum atomic E-state index is -0.540. The number of hydrogen-bond acceptors (Lipinski definition) is 5. The normalized spacial score (nSPS) is 16.3. The van der Waals surface area contributed by atoms with Gasteiger partial charge in [-0.25, -0.2) is 15.0 Å². The van der Waals surface area contributed by atoms with Crippen LogP contribution in [0.3, 0.4) is 0 Å². The number of nitrogens with zero attached hydrogens (tertiary/aromatic N) is 4. The predicted molar refractivity (Wildman–Crippen MR) is 237 cm³/mol. The van der Waals surface area contributed by atoms with Gasteiger partial charge in [0.1, 0.15) is 0 Å². The molecule has 1 unspecified atom stereocenters. The summed E-state index contributed by atoms with van der Waals surface area (Å²) in [5, 5.41) is 3.42. The van der Waals surface area contributed by atoms with Gasteiger partial charge in [-0.3, -0.25) is 4.98 Å². The first-order valence-corrected chi connectivity index (χ1v) is 20.7. The molecule has 9 aromatic rings. The maximum absolute atomic E-state index is 5.31.